The first-order valence-electron chi connectivity index (χ1n) is 9.97. The molecule has 30 heavy (non-hydrogen) atoms. The second kappa shape index (κ2) is 8.37. The van der Waals surface area contributed by atoms with Crippen LogP contribution in [0, 0.1) is 13.8 Å². The van der Waals surface area contributed by atoms with E-state index in [1.54, 1.807) is 10.9 Å². The molecule has 6 heteroatoms. The molecule has 0 aliphatic carbocycles. The number of anilines is 1. The van der Waals surface area contributed by atoms with Crippen LogP contribution in [0.5, 0.6) is 5.75 Å². The van der Waals surface area contributed by atoms with Crippen molar-refractivity contribution in [3.63, 3.8) is 0 Å². The molecule has 0 atom stereocenters. The number of hydrogen-bond acceptors (Lipinski definition) is 4. The molecular weight excluding hydrogens is 376 g/mol. The van der Waals surface area contributed by atoms with Gasteiger partial charge in [0.1, 0.15) is 12.3 Å². The summed E-state index contributed by atoms with van der Waals surface area (Å²) in [5.74, 6) is 0.614. The molecule has 0 unspecified atom stereocenters. The summed E-state index contributed by atoms with van der Waals surface area (Å²) in [5, 5.41) is 8.47. The van der Waals surface area contributed by atoms with Gasteiger partial charge >= 0.3 is 0 Å². The first-order chi connectivity index (χ1) is 14.5. The van der Waals surface area contributed by atoms with Crippen LogP contribution >= 0.6 is 0 Å². The maximum Gasteiger partial charge on any atom is 0.246 e. The number of rotatable bonds is 6. The second-order valence-electron chi connectivity index (χ2n) is 7.18. The van der Waals surface area contributed by atoms with Gasteiger partial charge < -0.3 is 10.1 Å². The predicted octanol–water partition coefficient (Wildman–Crippen LogP) is 4.75. The SMILES string of the molecule is CCOc1ccc(NC(=O)Cn2nc(C)c3c(-c4cccc(C)c4)ccnc32)cc1. The Morgan fingerprint density at radius 2 is 1.90 bits per heavy atom. The minimum Gasteiger partial charge on any atom is -0.494 e. The van der Waals surface area contributed by atoms with E-state index in [4.69, 9.17) is 4.74 Å². The lowest BCUT2D eigenvalue weighted by molar-refractivity contribution is -0.116. The molecule has 0 aliphatic heterocycles. The van der Waals surface area contributed by atoms with Crippen LogP contribution in [0.2, 0.25) is 0 Å². The standard InChI is InChI=1S/C24H24N4O2/c1-4-30-20-10-8-19(9-11-20)26-22(29)15-28-24-23(17(3)27-28)21(12-13-25-24)18-7-5-6-16(2)14-18/h5-14H,4,15H2,1-3H3,(H,26,29). The van der Waals surface area contributed by atoms with Crippen LogP contribution in [-0.4, -0.2) is 27.3 Å². The molecule has 0 bridgehead atoms. The van der Waals surface area contributed by atoms with Gasteiger partial charge in [-0.1, -0.05) is 29.8 Å². The summed E-state index contributed by atoms with van der Waals surface area (Å²) in [4.78, 5) is 17.1. The highest BCUT2D eigenvalue weighted by Gasteiger charge is 2.16. The molecule has 2 aromatic carbocycles. The maximum atomic E-state index is 12.6. The van der Waals surface area contributed by atoms with Crippen LogP contribution in [0.25, 0.3) is 22.2 Å². The average Bonchev–Trinajstić information content (AvgIpc) is 3.05. The van der Waals surface area contributed by atoms with Gasteiger partial charge in [0.25, 0.3) is 0 Å². The summed E-state index contributed by atoms with van der Waals surface area (Å²) >= 11 is 0. The molecule has 0 spiro atoms. The van der Waals surface area contributed by atoms with E-state index in [0.717, 1.165) is 28.0 Å². The second-order valence-corrected chi connectivity index (χ2v) is 7.18. The summed E-state index contributed by atoms with van der Waals surface area (Å²) in [6.07, 6.45) is 1.77. The first kappa shape index (κ1) is 19.6. The van der Waals surface area contributed by atoms with Crippen LogP contribution in [0.15, 0.2) is 60.8 Å². The van der Waals surface area contributed by atoms with Crippen molar-refractivity contribution in [2.75, 3.05) is 11.9 Å². The summed E-state index contributed by atoms with van der Waals surface area (Å²) in [6.45, 7) is 6.65. The molecule has 0 saturated carbocycles. The largest absolute Gasteiger partial charge is 0.494 e. The van der Waals surface area contributed by atoms with E-state index in [-0.39, 0.29) is 12.5 Å². The predicted molar refractivity (Wildman–Crippen MR) is 119 cm³/mol. The van der Waals surface area contributed by atoms with Gasteiger partial charge in [0.15, 0.2) is 5.65 Å². The molecule has 2 aromatic heterocycles. The topological polar surface area (TPSA) is 69.0 Å². The van der Waals surface area contributed by atoms with E-state index in [0.29, 0.717) is 17.9 Å². The Kier molecular flexibility index (Phi) is 5.48. The Labute approximate surface area is 175 Å². The Hall–Kier alpha value is -3.67. The minimum absolute atomic E-state index is 0.0851. The highest BCUT2D eigenvalue weighted by atomic mass is 16.5. The van der Waals surface area contributed by atoms with Gasteiger partial charge in [0, 0.05) is 17.3 Å². The fraction of sp³-hybridized carbons (Fsp3) is 0.208. The number of carbonyl (C=O) groups excluding carboxylic acids is 1. The Morgan fingerprint density at radius 3 is 2.63 bits per heavy atom. The number of aryl methyl sites for hydroxylation is 2. The van der Waals surface area contributed by atoms with Gasteiger partial charge in [-0.25, -0.2) is 9.67 Å². The zero-order chi connectivity index (χ0) is 21.1. The third-order valence-corrected chi connectivity index (χ3v) is 4.88. The molecule has 0 aliphatic rings. The third kappa shape index (κ3) is 4.03. The number of nitrogens with one attached hydrogen (secondary N) is 1. The summed E-state index contributed by atoms with van der Waals surface area (Å²) in [7, 11) is 0. The van der Waals surface area contributed by atoms with Crippen molar-refractivity contribution in [3.8, 4) is 16.9 Å². The Morgan fingerprint density at radius 1 is 1.10 bits per heavy atom. The zero-order valence-corrected chi connectivity index (χ0v) is 17.3. The first-order valence-corrected chi connectivity index (χ1v) is 9.97. The van der Waals surface area contributed by atoms with Crippen molar-refractivity contribution in [2.24, 2.45) is 0 Å². The smallest absolute Gasteiger partial charge is 0.246 e. The quantitative estimate of drug-likeness (QED) is 0.507. The molecule has 0 radical (unpaired) electrons. The number of amides is 1. The van der Waals surface area contributed by atoms with Crippen molar-refractivity contribution in [1.82, 2.24) is 14.8 Å². The van der Waals surface area contributed by atoms with Gasteiger partial charge in [0.2, 0.25) is 5.91 Å². The van der Waals surface area contributed by atoms with Crippen LogP contribution in [0.1, 0.15) is 18.2 Å². The molecule has 1 N–H and O–H groups in total. The van der Waals surface area contributed by atoms with Crippen molar-refractivity contribution < 1.29 is 9.53 Å². The number of ether oxygens (including phenoxy) is 1. The van der Waals surface area contributed by atoms with Gasteiger partial charge in [-0.2, -0.15) is 5.10 Å². The van der Waals surface area contributed by atoms with Crippen molar-refractivity contribution in [2.45, 2.75) is 27.3 Å². The molecule has 1 amide bonds. The molecule has 152 valence electrons. The third-order valence-electron chi connectivity index (χ3n) is 4.88. The van der Waals surface area contributed by atoms with Crippen molar-refractivity contribution >= 4 is 22.6 Å². The fourth-order valence-electron chi connectivity index (χ4n) is 3.58. The molecule has 0 fully saturated rings. The van der Waals surface area contributed by atoms with E-state index < -0.39 is 0 Å². The maximum absolute atomic E-state index is 12.6. The summed E-state index contributed by atoms with van der Waals surface area (Å²) in [5.41, 5.74) is 5.64. The Balaban J connectivity index is 1.59. The summed E-state index contributed by atoms with van der Waals surface area (Å²) < 4.78 is 7.09. The van der Waals surface area contributed by atoms with E-state index >= 15 is 0 Å². The van der Waals surface area contributed by atoms with E-state index in [1.807, 2.05) is 50.2 Å². The van der Waals surface area contributed by atoms with Gasteiger partial charge in [-0.05, 0) is 62.2 Å². The van der Waals surface area contributed by atoms with E-state index in [9.17, 15) is 4.79 Å². The molecule has 4 rings (SSSR count). The lowest BCUT2D eigenvalue weighted by atomic mass is 10.0. The lowest BCUT2D eigenvalue weighted by Crippen LogP contribution is -2.19. The number of hydrogen-bond donors (Lipinski definition) is 1. The summed E-state index contributed by atoms with van der Waals surface area (Å²) in [6, 6.07) is 17.7. The van der Waals surface area contributed by atoms with Crippen molar-refractivity contribution in [1.29, 1.82) is 0 Å². The number of nitrogens with zero attached hydrogens (tertiary/aromatic N) is 3. The minimum atomic E-state index is -0.161. The highest BCUT2D eigenvalue weighted by Crippen LogP contribution is 2.30. The lowest BCUT2D eigenvalue weighted by Gasteiger charge is -2.08. The van der Waals surface area contributed by atoms with Crippen molar-refractivity contribution in [3.05, 3.63) is 72.1 Å². The number of aromatic nitrogens is 3. The van der Waals surface area contributed by atoms with E-state index in [2.05, 4.69) is 40.5 Å². The van der Waals surface area contributed by atoms with Crippen LogP contribution in [0.3, 0.4) is 0 Å². The monoisotopic (exact) mass is 400 g/mol. The van der Waals surface area contributed by atoms with Gasteiger partial charge in [-0.3, -0.25) is 4.79 Å². The average molecular weight is 400 g/mol. The van der Waals surface area contributed by atoms with Gasteiger partial charge in [-0.15, -0.1) is 0 Å². The number of carbonyl (C=O) groups is 1. The number of benzene rings is 2. The van der Waals surface area contributed by atoms with Crippen LogP contribution in [-0.2, 0) is 11.3 Å². The fourth-order valence-corrected chi connectivity index (χ4v) is 3.58. The zero-order valence-electron chi connectivity index (χ0n) is 17.3. The molecule has 2 heterocycles. The molecule has 4 aromatic rings. The number of pyridine rings is 1. The Bertz CT molecular complexity index is 1200. The highest BCUT2D eigenvalue weighted by molar-refractivity contribution is 5.96. The number of fused-ring (bicyclic) bond motifs is 1. The van der Waals surface area contributed by atoms with Crippen LogP contribution in [0.4, 0.5) is 5.69 Å². The van der Waals surface area contributed by atoms with Gasteiger partial charge in [0.05, 0.1) is 12.3 Å². The normalized spacial score (nSPS) is 10.9. The van der Waals surface area contributed by atoms with E-state index in [1.165, 1.54) is 5.56 Å². The van der Waals surface area contributed by atoms with Crippen LogP contribution < -0.4 is 10.1 Å². The molecule has 6 nitrogen and oxygen atoms in total. The molecular formula is C24H24N4O2. The molecule has 0 saturated heterocycles.